The summed E-state index contributed by atoms with van der Waals surface area (Å²) >= 11 is 11.7. The topological polar surface area (TPSA) is 67.4 Å². The summed E-state index contributed by atoms with van der Waals surface area (Å²) in [4.78, 5) is 23.0. The van der Waals surface area contributed by atoms with Gasteiger partial charge in [-0.05, 0) is 36.6 Å². The van der Waals surface area contributed by atoms with Crippen molar-refractivity contribution in [2.24, 2.45) is 5.92 Å². The summed E-state index contributed by atoms with van der Waals surface area (Å²) in [7, 11) is 0. The summed E-state index contributed by atoms with van der Waals surface area (Å²) in [5, 5.41) is 5.57. The molecule has 1 heterocycles. The number of alkyl halides is 2. The molecule has 1 aromatic rings. The number of halogens is 2. The monoisotopic (exact) mass is 342 g/mol. The Hall–Kier alpha value is -1.46. The first-order valence-corrected chi connectivity index (χ1v) is 7.92. The van der Waals surface area contributed by atoms with Crippen molar-refractivity contribution in [3.05, 3.63) is 23.8 Å². The minimum atomic E-state index is -0.895. The molecule has 118 valence electrons. The Bertz CT molecular complexity index is 619. The van der Waals surface area contributed by atoms with Gasteiger partial charge in [-0.15, -0.1) is 23.2 Å². The number of fused-ring (bicyclic) bond motifs is 1. The molecular formula is C15H16Cl2N2O3. The standard InChI is InChI=1S/C15H16Cl2N2O3/c16-15(17)8-11(15)14(21)18-5-6-22-10-2-3-12-9(7-10)1-4-13(20)19-12/h2-3,7,11H,1,4-6,8H2,(H,18,21)(H,19,20). The van der Waals surface area contributed by atoms with Crippen LogP contribution in [0.2, 0.25) is 0 Å². The molecule has 1 aromatic carbocycles. The van der Waals surface area contributed by atoms with Gasteiger partial charge in [0, 0.05) is 12.1 Å². The van der Waals surface area contributed by atoms with Crippen LogP contribution in [0.1, 0.15) is 18.4 Å². The van der Waals surface area contributed by atoms with E-state index in [0.29, 0.717) is 32.4 Å². The lowest BCUT2D eigenvalue weighted by atomic mass is 10.0. The number of nitrogens with one attached hydrogen (secondary N) is 2. The molecule has 2 N–H and O–H groups in total. The molecule has 0 aromatic heterocycles. The number of aryl methyl sites for hydroxylation is 1. The molecule has 1 aliphatic heterocycles. The number of benzene rings is 1. The van der Waals surface area contributed by atoms with Gasteiger partial charge in [0.2, 0.25) is 11.8 Å². The van der Waals surface area contributed by atoms with Crippen LogP contribution in [0.3, 0.4) is 0 Å². The third-order valence-corrected chi connectivity index (χ3v) is 4.62. The van der Waals surface area contributed by atoms with Crippen molar-refractivity contribution in [1.82, 2.24) is 5.32 Å². The predicted molar refractivity (Wildman–Crippen MR) is 84.4 cm³/mol. The molecule has 1 aliphatic carbocycles. The average molecular weight is 343 g/mol. The number of ether oxygens (including phenoxy) is 1. The van der Waals surface area contributed by atoms with E-state index in [2.05, 4.69) is 10.6 Å². The van der Waals surface area contributed by atoms with E-state index >= 15 is 0 Å². The first-order chi connectivity index (χ1) is 10.5. The summed E-state index contributed by atoms with van der Waals surface area (Å²) in [6.45, 7) is 0.758. The zero-order chi connectivity index (χ0) is 15.7. The minimum Gasteiger partial charge on any atom is -0.492 e. The van der Waals surface area contributed by atoms with Gasteiger partial charge in [-0.3, -0.25) is 9.59 Å². The number of carbonyl (C=O) groups excluding carboxylic acids is 2. The molecule has 0 radical (unpaired) electrons. The number of carbonyl (C=O) groups is 2. The van der Waals surface area contributed by atoms with Crippen LogP contribution >= 0.6 is 23.2 Å². The van der Waals surface area contributed by atoms with Crippen LogP contribution in [0.5, 0.6) is 5.75 Å². The Kier molecular flexibility index (Phi) is 4.19. The van der Waals surface area contributed by atoms with Crippen LogP contribution in [0.15, 0.2) is 18.2 Å². The summed E-state index contributed by atoms with van der Waals surface area (Å²) in [5.74, 6) is 0.308. The second-order valence-corrected chi connectivity index (χ2v) is 7.07. The molecule has 1 atom stereocenters. The Balaban J connectivity index is 1.44. The van der Waals surface area contributed by atoms with Crippen molar-refractivity contribution in [1.29, 1.82) is 0 Å². The van der Waals surface area contributed by atoms with Gasteiger partial charge >= 0.3 is 0 Å². The second-order valence-electron chi connectivity index (χ2n) is 5.52. The van der Waals surface area contributed by atoms with E-state index in [1.807, 2.05) is 12.1 Å². The van der Waals surface area contributed by atoms with Crippen molar-refractivity contribution >= 4 is 40.7 Å². The highest BCUT2D eigenvalue weighted by Gasteiger charge is 2.56. The normalized spacial score (nSPS) is 21.5. The summed E-state index contributed by atoms with van der Waals surface area (Å²) in [5.41, 5.74) is 1.90. The Morgan fingerprint density at radius 3 is 2.91 bits per heavy atom. The first kappa shape index (κ1) is 15.4. The van der Waals surface area contributed by atoms with Gasteiger partial charge in [0.15, 0.2) is 0 Å². The van der Waals surface area contributed by atoms with Crippen molar-refractivity contribution in [2.45, 2.75) is 23.6 Å². The van der Waals surface area contributed by atoms with E-state index in [-0.39, 0.29) is 17.7 Å². The van der Waals surface area contributed by atoms with Gasteiger partial charge in [0.1, 0.15) is 16.7 Å². The van der Waals surface area contributed by atoms with Crippen LogP contribution < -0.4 is 15.4 Å². The lowest BCUT2D eigenvalue weighted by Gasteiger charge is -2.17. The van der Waals surface area contributed by atoms with Gasteiger partial charge in [-0.1, -0.05) is 0 Å². The second kappa shape index (κ2) is 5.97. The Morgan fingerprint density at radius 2 is 2.18 bits per heavy atom. The quantitative estimate of drug-likeness (QED) is 0.637. The summed E-state index contributed by atoms with van der Waals surface area (Å²) < 4.78 is 4.71. The van der Waals surface area contributed by atoms with Crippen molar-refractivity contribution in [2.75, 3.05) is 18.5 Å². The maximum atomic E-state index is 11.7. The Morgan fingerprint density at radius 1 is 1.41 bits per heavy atom. The van der Waals surface area contributed by atoms with Crippen LogP contribution in [0.25, 0.3) is 0 Å². The van der Waals surface area contributed by atoms with E-state index < -0.39 is 4.33 Å². The molecule has 0 saturated heterocycles. The largest absolute Gasteiger partial charge is 0.492 e. The van der Waals surface area contributed by atoms with E-state index in [9.17, 15) is 9.59 Å². The lowest BCUT2D eigenvalue weighted by Crippen LogP contribution is -2.30. The molecule has 0 bridgehead atoms. The molecule has 2 aliphatic rings. The van der Waals surface area contributed by atoms with Crippen molar-refractivity contribution in [3.8, 4) is 5.75 Å². The maximum absolute atomic E-state index is 11.7. The maximum Gasteiger partial charge on any atom is 0.226 e. The Labute approximate surface area is 138 Å². The third-order valence-electron chi connectivity index (χ3n) is 3.78. The van der Waals surface area contributed by atoms with Crippen LogP contribution in [-0.4, -0.2) is 29.3 Å². The predicted octanol–water partition coefficient (Wildman–Crippen LogP) is 2.26. The first-order valence-electron chi connectivity index (χ1n) is 7.17. The van der Waals surface area contributed by atoms with E-state index in [1.54, 1.807) is 6.07 Å². The van der Waals surface area contributed by atoms with Gasteiger partial charge in [-0.2, -0.15) is 0 Å². The fraction of sp³-hybridized carbons (Fsp3) is 0.467. The number of anilines is 1. The number of amides is 2. The molecule has 1 unspecified atom stereocenters. The molecule has 1 saturated carbocycles. The molecular weight excluding hydrogens is 327 g/mol. The van der Waals surface area contributed by atoms with Gasteiger partial charge in [0.25, 0.3) is 0 Å². The fourth-order valence-electron chi connectivity index (χ4n) is 2.41. The highest BCUT2D eigenvalue weighted by atomic mass is 35.5. The molecule has 0 spiro atoms. The van der Waals surface area contributed by atoms with Crippen molar-refractivity contribution < 1.29 is 14.3 Å². The molecule has 3 rings (SSSR count). The average Bonchev–Trinajstić information content (AvgIpc) is 3.12. The molecule has 1 fully saturated rings. The third kappa shape index (κ3) is 3.47. The summed E-state index contributed by atoms with van der Waals surface area (Å²) in [6.07, 6.45) is 1.70. The molecule has 5 nitrogen and oxygen atoms in total. The van der Waals surface area contributed by atoms with E-state index in [4.69, 9.17) is 27.9 Å². The summed E-state index contributed by atoms with van der Waals surface area (Å²) in [6, 6.07) is 5.55. The van der Waals surface area contributed by atoms with Gasteiger partial charge < -0.3 is 15.4 Å². The van der Waals surface area contributed by atoms with Crippen LogP contribution in [0, 0.1) is 5.92 Å². The molecule has 2 amide bonds. The number of hydrogen-bond acceptors (Lipinski definition) is 3. The fourth-order valence-corrected chi connectivity index (χ4v) is 2.92. The SMILES string of the molecule is O=C1CCc2cc(OCCNC(=O)C3CC3(Cl)Cl)ccc2N1. The van der Waals surface area contributed by atoms with Gasteiger partial charge in [0.05, 0.1) is 12.5 Å². The van der Waals surface area contributed by atoms with E-state index in [0.717, 1.165) is 17.0 Å². The lowest BCUT2D eigenvalue weighted by molar-refractivity contribution is -0.122. The zero-order valence-electron chi connectivity index (χ0n) is 11.8. The molecule has 22 heavy (non-hydrogen) atoms. The van der Waals surface area contributed by atoms with Crippen LogP contribution in [0.4, 0.5) is 5.69 Å². The van der Waals surface area contributed by atoms with E-state index in [1.165, 1.54) is 0 Å². The molecule has 7 heteroatoms. The van der Waals surface area contributed by atoms with Crippen molar-refractivity contribution in [3.63, 3.8) is 0 Å². The highest BCUT2D eigenvalue weighted by Crippen LogP contribution is 2.53. The van der Waals surface area contributed by atoms with Gasteiger partial charge in [-0.25, -0.2) is 0 Å². The smallest absolute Gasteiger partial charge is 0.226 e. The minimum absolute atomic E-state index is 0.0404. The number of hydrogen-bond donors (Lipinski definition) is 2. The highest BCUT2D eigenvalue weighted by molar-refractivity contribution is 6.52. The zero-order valence-corrected chi connectivity index (χ0v) is 13.3. The number of rotatable bonds is 5. The van der Waals surface area contributed by atoms with Crippen LogP contribution in [-0.2, 0) is 16.0 Å².